The fourth-order valence-corrected chi connectivity index (χ4v) is 2.60. The van der Waals surface area contributed by atoms with E-state index in [1.807, 2.05) is 14.1 Å². The van der Waals surface area contributed by atoms with Gasteiger partial charge in [-0.1, -0.05) is 12.1 Å². The van der Waals surface area contributed by atoms with Gasteiger partial charge >= 0.3 is 0 Å². The molecule has 22 heavy (non-hydrogen) atoms. The Balaban J connectivity index is 0.00000176. The predicted molar refractivity (Wildman–Crippen MR) is 89.9 cm³/mol. The molecular weight excluding hydrogens is 338 g/mol. The van der Waals surface area contributed by atoms with E-state index in [4.69, 9.17) is 4.99 Å². The number of nitrogens with zero attached hydrogens (tertiary/aromatic N) is 3. The van der Waals surface area contributed by atoms with Gasteiger partial charge in [-0.2, -0.15) is 4.58 Å². The maximum atomic E-state index is 4.85. The Morgan fingerprint density at radius 3 is 2.23 bits per heavy atom. The Morgan fingerprint density at radius 2 is 1.59 bits per heavy atom. The highest BCUT2D eigenvalue weighted by atomic mass is 79.9. The number of hydrogen-bond donors (Lipinski definition) is 0. The van der Waals surface area contributed by atoms with Gasteiger partial charge < -0.3 is 21.9 Å². The van der Waals surface area contributed by atoms with Gasteiger partial charge in [0, 0.05) is 32.8 Å². The number of benzene rings is 2. The van der Waals surface area contributed by atoms with Crippen molar-refractivity contribution in [2.45, 2.75) is 6.92 Å². The third-order valence-corrected chi connectivity index (χ3v) is 3.97. The summed E-state index contributed by atoms with van der Waals surface area (Å²) in [6, 6.07) is 16.7. The molecule has 1 aliphatic rings. The fraction of sp³-hybridized carbons (Fsp3) is 0.222. The Labute approximate surface area is 142 Å². The predicted octanol–water partition coefficient (Wildman–Crippen LogP) is 0.626. The van der Waals surface area contributed by atoms with Crippen LogP contribution in [0.1, 0.15) is 12.5 Å². The van der Waals surface area contributed by atoms with Crippen molar-refractivity contribution in [2.75, 3.05) is 26.0 Å². The topological polar surface area (TPSA) is 18.6 Å². The highest BCUT2D eigenvalue weighted by Gasteiger charge is 2.30. The van der Waals surface area contributed by atoms with Crippen molar-refractivity contribution in [1.82, 2.24) is 0 Å². The lowest BCUT2D eigenvalue weighted by Gasteiger charge is -2.11. The highest BCUT2D eigenvalue weighted by molar-refractivity contribution is 6.49. The molecule has 3 nitrogen and oxygen atoms in total. The molecule has 0 aromatic heterocycles. The summed E-state index contributed by atoms with van der Waals surface area (Å²) in [5, 5.41) is 0. The summed E-state index contributed by atoms with van der Waals surface area (Å²) in [5.74, 6) is 0. The second-order valence-corrected chi connectivity index (χ2v) is 5.53. The van der Waals surface area contributed by atoms with Crippen LogP contribution < -0.4 is 21.9 Å². The van der Waals surface area contributed by atoms with Crippen LogP contribution >= 0.6 is 0 Å². The standard InChI is InChI=1S/C18H20N3.BrH/c1-13-18(16-7-5-6-8-17(16)21(13)4)19-14-9-11-15(12-10-14)20(2)3;/h5-12H,1-4H3;1H/q+1;/p-1. The lowest BCUT2D eigenvalue weighted by molar-refractivity contribution is -0.400. The second-order valence-electron chi connectivity index (χ2n) is 5.53. The van der Waals surface area contributed by atoms with Crippen LogP contribution in [0, 0.1) is 0 Å². The summed E-state index contributed by atoms with van der Waals surface area (Å²) in [7, 11) is 6.17. The van der Waals surface area contributed by atoms with Gasteiger partial charge in [0.2, 0.25) is 11.4 Å². The van der Waals surface area contributed by atoms with Crippen LogP contribution in [0.15, 0.2) is 53.5 Å². The molecule has 1 heterocycles. The number of rotatable bonds is 2. The minimum atomic E-state index is 0. The van der Waals surface area contributed by atoms with E-state index in [1.54, 1.807) is 0 Å². The molecular formula is C18H20BrN3. The molecule has 0 atom stereocenters. The van der Waals surface area contributed by atoms with E-state index in [9.17, 15) is 0 Å². The van der Waals surface area contributed by atoms with Gasteiger partial charge in [0.1, 0.15) is 12.8 Å². The number of halogens is 1. The van der Waals surface area contributed by atoms with Gasteiger partial charge in [-0.15, -0.1) is 0 Å². The number of para-hydroxylation sites is 1. The molecule has 4 heteroatoms. The van der Waals surface area contributed by atoms with Crippen LogP contribution in [0.5, 0.6) is 0 Å². The van der Waals surface area contributed by atoms with E-state index in [-0.39, 0.29) is 17.0 Å². The molecule has 0 N–H and O–H groups in total. The van der Waals surface area contributed by atoms with Crippen LogP contribution in [0.4, 0.5) is 17.1 Å². The Kier molecular flexibility index (Phi) is 4.81. The van der Waals surface area contributed by atoms with E-state index in [0.717, 1.165) is 11.4 Å². The first-order valence-electron chi connectivity index (χ1n) is 7.11. The first-order chi connectivity index (χ1) is 10.1. The van der Waals surface area contributed by atoms with Crippen molar-refractivity contribution in [2.24, 2.45) is 4.99 Å². The minimum absolute atomic E-state index is 0. The minimum Gasteiger partial charge on any atom is -1.00 e. The van der Waals surface area contributed by atoms with E-state index >= 15 is 0 Å². The van der Waals surface area contributed by atoms with Gasteiger partial charge in [-0.25, -0.2) is 4.99 Å². The van der Waals surface area contributed by atoms with Crippen LogP contribution in [0.25, 0.3) is 0 Å². The number of aliphatic imine (C=N–C) groups is 1. The zero-order valence-electron chi connectivity index (χ0n) is 13.3. The largest absolute Gasteiger partial charge is 1.00 e. The molecule has 2 aromatic carbocycles. The molecule has 0 saturated heterocycles. The molecule has 0 unspecified atom stereocenters. The summed E-state index contributed by atoms with van der Waals surface area (Å²) in [6.07, 6.45) is 0. The first kappa shape index (κ1) is 16.4. The monoisotopic (exact) mass is 357 g/mol. The van der Waals surface area contributed by atoms with Gasteiger partial charge in [-0.05, 0) is 30.3 Å². The van der Waals surface area contributed by atoms with Crippen molar-refractivity contribution in [3.8, 4) is 0 Å². The Hall–Kier alpha value is -1.94. The lowest BCUT2D eigenvalue weighted by Crippen LogP contribution is -3.00. The molecule has 1 aliphatic heterocycles. The molecule has 2 aromatic rings. The maximum absolute atomic E-state index is 4.85. The highest BCUT2D eigenvalue weighted by Crippen LogP contribution is 2.28. The Morgan fingerprint density at radius 1 is 0.955 bits per heavy atom. The van der Waals surface area contributed by atoms with Crippen LogP contribution in [0.2, 0.25) is 0 Å². The van der Waals surface area contributed by atoms with Crippen molar-refractivity contribution < 1.29 is 21.6 Å². The third-order valence-electron chi connectivity index (χ3n) is 3.97. The van der Waals surface area contributed by atoms with E-state index in [2.05, 4.69) is 72.0 Å². The van der Waals surface area contributed by atoms with Crippen molar-refractivity contribution in [1.29, 1.82) is 0 Å². The lowest BCUT2D eigenvalue weighted by atomic mass is 10.1. The molecule has 0 fully saturated rings. The quantitative estimate of drug-likeness (QED) is 0.721. The summed E-state index contributed by atoms with van der Waals surface area (Å²) in [5.41, 5.74) is 6.84. The Bertz CT molecular complexity index is 743. The van der Waals surface area contributed by atoms with Crippen molar-refractivity contribution >= 4 is 28.5 Å². The van der Waals surface area contributed by atoms with Gasteiger partial charge in [0.05, 0.1) is 11.3 Å². The van der Waals surface area contributed by atoms with E-state index < -0.39 is 0 Å². The van der Waals surface area contributed by atoms with Gasteiger partial charge in [0.25, 0.3) is 0 Å². The average Bonchev–Trinajstić information content (AvgIpc) is 2.73. The summed E-state index contributed by atoms with van der Waals surface area (Å²) in [4.78, 5) is 6.94. The van der Waals surface area contributed by atoms with Crippen LogP contribution in [0.3, 0.4) is 0 Å². The normalized spacial score (nSPS) is 14.8. The fourth-order valence-electron chi connectivity index (χ4n) is 2.60. The van der Waals surface area contributed by atoms with E-state index in [1.165, 1.54) is 22.6 Å². The van der Waals surface area contributed by atoms with E-state index in [0.29, 0.717) is 0 Å². The number of fused-ring (bicyclic) bond motifs is 1. The first-order valence-corrected chi connectivity index (χ1v) is 7.11. The van der Waals surface area contributed by atoms with Crippen molar-refractivity contribution in [3.63, 3.8) is 0 Å². The van der Waals surface area contributed by atoms with Gasteiger partial charge in [-0.3, -0.25) is 0 Å². The molecule has 114 valence electrons. The number of hydrogen-bond acceptors (Lipinski definition) is 2. The molecule has 0 bridgehead atoms. The summed E-state index contributed by atoms with van der Waals surface area (Å²) in [6.45, 7) is 2.12. The maximum Gasteiger partial charge on any atom is 0.214 e. The molecule has 3 rings (SSSR count). The van der Waals surface area contributed by atoms with Crippen molar-refractivity contribution in [3.05, 3.63) is 54.1 Å². The number of anilines is 1. The molecule has 0 radical (unpaired) electrons. The zero-order chi connectivity index (χ0) is 15.0. The average molecular weight is 358 g/mol. The zero-order valence-corrected chi connectivity index (χ0v) is 14.9. The molecule has 0 aliphatic carbocycles. The molecule has 0 spiro atoms. The summed E-state index contributed by atoms with van der Waals surface area (Å²) < 4.78 is 2.20. The smallest absolute Gasteiger partial charge is 0.214 e. The molecule has 0 saturated carbocycles. The molecule has 0 amide bonds. The second kappa shape index (κ2) is 6.44. The van der Waals surface area contributed by atoms with Crippen LogP contribution in [-0.4, -0.2) is 37.1 Å². The SMILES string of the molecule is CC1=[N+](C)c2ccccc2/C1=N/c1ccc(N(C)C)cc1.[Br-]. The third kappa shape index (κ3) is 2.83. The van der Waals surface area contributed by atoms with Crippen LogP contribution in [-0.2, 0) is 0 Å². The van der Waals surface area contributed by atoms with Gasteiger partial charge in [0.15, 0.2) is 0 Å². The summed E-state index contributed by atoms with van der Waals surface area (Å²) >= 11 is 0.